The number of nitrogens with one attached hydrogen (secondary N) is 1. The third kappa shape index (κ3) is 3.19. The van der Waals surface area contributed by atoms with Crippen LogP contribution >= 0.6 is 27.5 Å². The molecule has 0 aliphatic carbocycles. The van der Waals surface area contributed by atoms with Gasteiger partial charge in [0, 0.05) is 12.7 Å². The normalized spacial score (nSPS) is 9.83. The Morgan fingerprint density at radius 3 is 2.72 bits per heavy atom. The molecule has 18 heavy (non-hydrogen) atoms. The third-order valence-corrected chi connectivity index (χ3v) is 3.02. The van der Waals surface area contributed by atoms with Crippen molar-refractivity contribution >= 4 is 33.3 Å². The molecule has 1 N–H and O–H groups in total. The Balaban J connectivity index is 2.07. The van der Waals surface area contributed by atoms with Gasteiger partial charge in [-0.05, 0) is 45.2 Å². The number of anilines is 1. The molecule has 90 valence electrons. The summed E-state index contributed by atoms with van der Waals surface area (Å²) in [6.07, 6.45) is 1.59. The largest absolute Gasteiger partial charge is 0.365 e. The first-order valence-corrected chi connectivity index (χ1v) is 6.27. The lowest BCUT2D eigenvalue weighted by atomic mass is 10.1. The molecule has 0 unspecified atom stereocenters. The maximum Gasteiger partial charge on any atom is 0.224 e. The van der Waals surface area contributed by atoms with E-state index in [1.54, 1.807) is 18.3 Å². The van der Waals surface area contributed by atoms with E-state index in [-0.39, 0.29) is 5.28 Å². The summed E-state index contributed by atoms with van der Waals surface area (Å²) in [7, 11) is 0. The van der Waals surface area contributed by atoms with Crippen LogP contribution in [0.15, 0.2) is 34.9 Å². The van der Waals surface area contributed by atoms with Gasteiger partial charge < -0.3 is 5.32 Å². The summed E-state index contributed by atoms with van der Waals surface area (Å²) >= 11 is 9.06. The highest BCUT2D eigenvalue weighted by atomic mass is 79.9. The van der Waals surface area contributed by atoms with Gasteiger partial charge in [0.25, 0.3) is 0 Å². The Morgan fingerprint density at radius 1 is 1.33 bits per heavy atom. The van der Waals surface area contributed by atoms with E-state index in [9.17, 15) is 0 Å². The molecule has 0 aliphatic heterocycles. The van der Waals surface area contributed by atoms with E-state index in [0.29, 0.717) is 17.9 Å². The van der Waals surface area contributed by atoms with Gasteiger partial charge in [-0.15, -0.1) is 0 Å². The molecule has 1 aromatic heterocycles. The summed E-state index contributed by atoms with van der Waals surface area (Å²) in [5, 5.41) is 12.0. The van der Waals surface area contributed by atoms with Gasteiger partial charge in [0.1, 0.15) is 5.82 Å². The summed E-state index contributed by atoms with van der Waals surface area (Å²) in [6.45, 7) is 0.595. The highest BCUT2D eigenvalue weighted by Crippen LogP contribution is 2.20. The van der Waals surface area contributed by atoms with Crippen molar-refractivity contribution in [3.63, 3.8) is 0 Å². The molecule has 0 aliphatic rings. The van der Waals surface area contributed by atoms with E-state index in [1.165, 1.54) is 0 Å². The Hall–Kier alpha value is -1.64. The molecule has 2 rings (SSSR count). The molecule has 0 radical (unpaired) electrons. The zero-order chi connectivity index (χ0) is 13.0. The maximum absolute atomic E-state index is 8.70. The van der Waals surface area contributed by atoms with E-state index in [2.05, 4.69) is 37.3 Å². The summed E-state index contributed by atoms with van der Waals surface area (Å²) in [4.78, 5) is 7.91. The van der Waals surface area contributed by atoms with Crippen molar-refractivity contribution in [2.24, 2.45) is 0 Å². The molecule has 0 amide bonds. The summed E-state index contributed by atoms with van der Waals surface area (Å²) in [6, 6.07) is 9.41. The Labute approximate surface area is 118 Å². The molecule has 0 bridgehead atoms. The minimum absolute atomic E-state index is 0.195. The average molecular weight is 324 g/mol. The second-order valence-electron chi connectivity index (χ2n) is 3.50. The minimum Gasteiger partial charge on any atom is -0.365 e. The van der Waals surface area contributed by atoms with Crippen LogP contribution in [0, 0.1) is 11.3 Å². The van der Waals surface area contributed by atoms with Gasteiger partial charge in [-0.3, -0.25) is 0 Å². The molecular weight excluding hydrogens is 316 g/mol. The number of halogens is 2. The Morgan fingerprint density at radius 2 is 2.06 bits per heavy atom. The van der Waals surface area contributed by atoms with Crippen LogP contribution < -0.4 is 5.32 Å². The first-order chi connectivity index (χ1) is 8.69. The summed E-state index contributed by atoms with van der Waals surface area (Å²) in [5.41, 5.74) is 1.70. The minimum atomic E-state index is 0.195. The monoisotopic (exact) mass is 322 g/mol. The fourth-order valence-electron chi connectivity index (χ4n) is 1.35. The molecule has 0 fully saturated rings. The zero-order valence-electron chi connectivity index (χ0n) is 9.19. The number of nitrogens with zero attached hydrogens (tertiary/aromatic N) is 3. The summed E-state index contributed by atoms with van der Waals surface area (Å²) in [5.74, 6) is 0.638. The quantitative estimate of drug-likeness (QED) is 0.880. The lowest BCUT2D eigenvalue weighted by Crippen LogP contribution is -2.02. The fraction of sp³-hybridized carbons (Fsp3) is 0.0833. The molecule has 0 saturated carbocycles. The highest BCUT2D eigenvalue weighted by molar-refractivity contribution is 9.10. The number of hydrogen-bond donors (Lipinski definition) is 1. The van der Waals surface area contributed by atoms with Crippen LogP contribution in [-0.2, 0) is 6.54 Å². The average Bonchev–Trinajstić information content (AvgIpc) is 2.40. The van der Waals surface area contributed by atoms with Gasteiger partial charge in [-0.1, -0.05) is 12.1 Å². The number of nitriles is 1. The first kappa shape index (κ1) is 12.8. The highest BCUT2D eigenvalue weighted by Gasteiger charge is 2.03. The van der Waals surface area contributed by atoms with Crippen molar-refractivity contribution < 1.29 is 0 Å². The standard InChI is InChI=1S/C12H8BrClN4/c13-10-7-17-12(14)18-11(10)16-6-9-3-1-8(5-15)2-4-9/h1-4,7H,6H2,(H,16,17,18). The van der Waals surface area contributed by atoms with Crippen molar-refractivity contribution in [3.05, 3.63) is 51.3 Å². The van der Waals surface area contributed by atoms with E-state index >= 15 is 0 Å². The van der Waals surface area contributed by atoms with Crippen LogP contribution in [0.25, 0.3) is 0 Å². The fourth-order valence-corrected chi connectivity index (χ4v) is 1.82. The summed E-state index contributed by atoms with van der Waals surface area (Å²) < 4.78 is 0.751. The Bertz CT molecular complexity index is 592. The number of benzene rings is 1. The second-order valence-corrected chi connectivity index (χ2v) is 4.69. The molecule has 1 aromatic carbocycles. The van der Waals surface area contributed by atoms with Crippen LogP contribution in [0.1, 0.15) is 11.1 Å². The molecule has 0 atom stereocenters. The molecule has 2 aromatic rings. The smallest absolute Gasteiger partial charge is 0.224 e. The van der Waals surface area contributed by atoms with Gasteiger partial charge in [0.05, 0.1) is 16.1 Å². The molecule has 6 heteroatoms. The van der Waals surface area contributed by atoms with Crippen LogP contribution in [0.4, 0.5) is 5.82 Å². The molecule has 0 saturated heterocycles. The lowest BCUT2D eigenvalue weighted by Gasteiger charge is -2.07. The van der Waals surface area contributed by atoms with Crippen LogP contribution in [-0.4, -0.2) is 9.97 Å². The SMILES string of the molecule is N#Cc1ccc(CNc2nc(Cl)ncc2Br)cc1. The van der Waals surface area contributed by atoms with Gasteiger partial charge in [0.2, 0.25) is 5.28 Å². The van der Waals surface area contributed by atoms with E-state index in [4.69, 9.17) is 16.9 Å². The molecule has 1 heterocycles. The van der Waals surface area contributed by atoms with Crippen LogP contribution in [0.2, 0.25) is 5.28 Å². The van der Waals surface area contributed by atoms with Crippen molar-refractivity contribution in [1.82, 2.24) is 9.97 Å². The van der Waals surface area contributed by atoms with Crippen LogP contribution in [0.3, 0.4) is 0 Å². The molecule has 0 spiro atoms. The molecular formula is C12H8BrClN4. The second kappa shape index (κ2) is 5.80. The number of hydrogen-bond acceptors (Lipinski definition) is 4. The van der Waals surface area contributed by atoms with E-state index in [1.807, 2.05) is 12.1 Å². The number of aromatic nitrogens is 2. The van der Waals surface area contributed by atoms with Gasteiger partial charge >= 0.3 is 0 Å². The van der Waals surface area contributed by atoms with Crippen LogP contribution in [0.5, 0.6) is 0 Å². The predicted molar refractivity (Wildman–Crippen MR) is 73.2 cm³/mol. The third-order valence-electron chi connectivity index (χ3n) is 2.26. The number of rotatable bonds is 3. The molecule has 4 nitrogen and oxygen atoms in total. The van der Waals surface area contributed by atoms with Crippen molar-refractivity contribution in [1.29, 1.82) is 5.26 Å². The van der Waals surface area contributed by atoms with E-state index in [0.717, 1.165) is 10.0 Å². The topological polar surface area (TPSA) is 61.6 Å². The Kier molecular flexibility index (Phi) is 4.13. The maximum atomic E-state index is 8.70. The van der Waals surface area contributed by atoms with Crippen molar-refractivity contribution in [2.75, 3.05) is 5.32 Å². The van der Waals surface area contributed by atoms with Gasteiger partial charge in [-0.25, -0.2) is 4.98 Å². The van der Waals surface area contributed by atoms with Gasteiger partial charge in [-0.2, -0.15) is 10.2 Å². The lowest BCUT2D eigenvalue weighted by molar-refractivity contribution is 1.07. The van der Waals surface area contributed by atoms with Crippen molar-refractivity contribution in [2.45, 2.75) is 6.54 Å². The zero-order valence-corrected chi connectivity index (χ0v) is 11.5. The van der Waals surface area contributed by atoms with Gasteiger partial charge in [0.15, 0.2) is 0 Å². The predicted octanol–water partition coefficient (Wildman–Crippen LogP) is 3.38. The van der Waals surface area contributed by atoms with Crippen molar-refractivity contribution in [3.8, 4) is 6.07 Å². The first-order valence-electron chi connectivity index (χ1n) is 5.10. The van der Waals surface area contributed by atoms with E-state index < -0.39 is 0 Å².